The zero-order valence-corrected chi connectivity index (χ0v) is 9.90. The third kappa shape index (κ3) is 2.80. The topological polar surface area (TPSA) is 24.9 Å². The van der Waals surface area contributed by atoms with E-state index in [1.54, 1.807) is 0 Å². The predicted octanol–water partition coefficient (Wildman–Crippen LogP) is 2.78. The second-order valence-electron chi connectivity index (χ2n) is 4.39. The molecule has 0 aliphatic heterocycles. The van der Waals surface area contributed by atoms with Gasteiger partial charge in [-0.15, -0.1) is 0 Å². The molecule has 0 aliphatic carbocycles. The summed E-state index contributed by atoms with van der Waals surface area (Å²) in [5, 5.41) is 4.63. The van der Waals surface area contributed by atoms with Crippen LogP contribution >= 0.6 is 0 Å². The lowest BCUT2D eigenvalue weighted by atomic mass is 10.1. The Labute approximate surface area is 96.7 Å². The second kappa shape index (κ2) is 5.08. The summed E-state index contributed by atoms with van der Waals surface area (Å²) >= 11 is 0. The van der Waals surface area contributed by atoms with Crippen molar-refractivity contribution in [3.63, 3.8) is 0 Å². The molecule has 0 unspecified atom stereocenters. The maximum atomic E-state index is 4.36. The molecule has 1 heterocycles. The van der Waals surface area contributed by atoms with Gasteiger partial charge in [0.05, 0.1) is 5.52 Å². The molecular weight excluding hydrogens is 196 g/mol. The number of hydrogen-bond acceptors (Lipinski definition) is 2. The first-order valence-corrected chi connectivity index (χ1v) is 5.83. The van der Waals surface area contributed by atoms with E-state index in [1.807, 2.05) is 12.3 Å². The molecule has 0 bridgehead atoms. The Morgan fingerprint density at radius 1 is 1.25 bits per heavy atom. The van der Waals surface area contributed by atoms with Gasteiger partial charge in [-0.1, -0.05) is 32.0 Å². The average molecular weight is 214 g/mol. The molecule has 2 nitrogen and oxygen atoms in total. The van der Waals surface area contributed by atoms with Crippen LogP contribution in [0.25, 0.3) is 10.9 Å². The maximum Gasteiger partial charge on any atom is 0.0704 e. The van der Waals surface area contributed by atoms with Crippen LogP contribution in [0, 0.1) is 0 Å². The number of aromatic nitrogens is 1. The Morgan fingerprint density at radius 2 is 2.12 bits per heavy atom. The first kappa shape index (κ1) is 11.1. The lowest BCUT2D eigenvalue weighted by Gasteiger charge is -2.08. The van der Waals surface area contributed by atoms with Crippen LogP contribution in [0.4, 0.5) is 0 Å². The van der Waals surface area contributed by atoms with Crippen molar-refractivity contribution < 1.29 is 0 Å². The highest BCUT2D eigenvalue weighted by Gasteiger charge is 1.98. The van der Waals surface area contributed by atoms with Gasteiger partial charge in [0, 0.05) is 17.6 Å². The van der Waals surface area contributed by atoms with Gasteiger partial charge in [0.2, 0.25) is 0 Å². The predicted molar refractivity (Wildman–Crippen MR) is 68.6 cm³/mol. The fraction of sp³-hybridized carbons (Fsp3) is 0.357. The van der Waals surface area contributed by atoms with E-state index in [0.717, 1.165) is 18.5 Å². The SMILES string of the molecule is CC(C)NCCc1ccc2cccnc2c1. The van der Waals surface area contributed by atoms with Crippen molar-refractivity contribution in [2.45, 2.75) is 26.3 Å². The van der Waals surface area contributed by atoms with E-state index in [1.165, 1.54) is 10.9 Å². The first-order chi connectivity index (χ1) is 7.75. The Hall–Kier alpha value is -1.41. The molecule has 0 spiro atoms. The molecule has 0 aliphatic rings. The molecule has 84 valence electrons. The van der Waals surface area contributed by atoms with Gasteiger partial charge in [0.1, 0.15) is 0 Å². The van der Waals surface area contributed by atoms with Gasteiger partial charge in [-0.3, -0.25) is 4.98 Å². The molecule has 2 heteroatoms. The molecule has 1 N–H and O–H groups in total. The molecule has 0 saturated heterocycles. The smallest absolute Gasteiger partial charge is 0.0704 e. The highest BCUT2D eigenvalue weighted by molar-refractivity contribution is 5.78. The van der Waals surface area contributed by atoms with E-state index in [4.69, 9.17) is 0 Å². The van der Waals surface area contributed by atoms with Gasteiger partial charge < -0.3 is 5.32 Å². The van der Waals surface area contributed by atoms with Crippen molar-refractivity contribution in [1.29, 1.82) is 0 Å². The second-order valence-corrected chi connectivity index (χ2v) is 4.39. The van der Waals surface area contributed by atoms with Crippen LogP contribution in [0.5, 0.6) is 0 Å². The van der Waals surface area contributed by atoms with Crippen molar-refractivity contribution in [2.24, 2.45) is 0 Å². The van der Waals surface area contributed by atoms with Crippen molar-refractivity contribution in [1.82, 2.24) is 10.3 Å². The molecule has 0 saturated carbocycles. The number of hydrogen-bond donors (Lipinski definition) is 1. The molecule has 0 radical (unpaired) electrons. The summed E-state index contributed by atoms with van der Waals surface area (Å²) < 4.78 is 0. The summed E-state index contributed by atoms with van der Waals surface area (Å²) in [6.07, 6.45) is 2.91. The van der Waals surface area contributed by atoms with Gasteiger partial charge in [0.25, 0.3) is 0 Å². The highest BCUT2D eigenvalue weighted by Crippen LogP contribution is 2.13. The van der Waals surface area contributed by atoms with Gasteiger partial charge in [-0.05, 0) is 30.7 Å². The van der Waals surface area contributed by atoms with Crippen LogP contribution in [0.2, 0.25) is 0 Å². The van der Waals surface area contributed by atoms with E-state index < -0.39 is 0 Å². The third-order valence-electron chi connectivity index (χ3n) is 2.64. The molecule has 0 amide bonds. The molecule has 0 fully saturated rings. The monoisotopic (exact) mass is 214 g/mol. The van der Waals surface area contributed by atoms with Crippen LogP contribution in [0.15, 0.2) is 36.5 Å². The summed E-state index contributed by atoms with van der Waals surface area (Å²) in [4.78, 5) is 4.36. The molecule has 2 rings (SSSR count). The van der Waals surface area contributed by atoms with Gasteiger partial charge >= 0.3 is 0 Å². The Bertz CT molecular complexity index is 463. The molecule has 2 aromatic rings. The summed E-state index contributed by atoms with van der Waals surface area (Å²) in [5.74, 6) is 0. The lowest BCUT2D eigenvalue weighted by Crippen LogP contribution is -2.24. The minimum Gasteiger partial charge on any atom is -0.314 e. The molecular formula is C14H18N2. The van der Waals surface area contributed by atoms with Gasteiger partial charge in [0.15, 0.2) is 0 Å². The summed E-state index contributed by atoms with van der Waals surface area (Å²) in [7, 11) is 0. The summed E-state index contributed by atoms with van der Waals surface area (Å²) in [6.45, 7) is 5.36. The normalized spacial score (nSPS) is 11.2. The Balaban J connectivity index is 2.08. The zero-order chi connectivity index (χ0) is 11.4. The van der Waals surface area contributed by atoms with Crippen LogP contribution in [0.1, 0.15) is 19.4 Å². The van der Waals surface area contributed by atoms with E-state index in [9.17, 15) is 0 Å². The Morgan fingerprint density at radius 3 is 2.94 bits per heavy atom. The quantitative estimate of drug-likeness (QED) is 0.846. The molecule has 1 aromatic carbocycles. The lowest BCUT2D eigenvalue weighted by molar-refractivity contribution is 0.590. The van der Waals surface area contributed by atoms with Crippen LogP contribution in [-0.2, 0) is 6.42 Å². The van der Waals surface area contributed by atoms with Gasteiger partial charge in [-0.25, -0.2) is 0 Å². The minimum atomic E-state index is 0.554. The van der Waals surface area contributed by atoms with Crippen molar-refractivity contribution >= 4 is 10.9 Å². The maximum absolute atomic E-state index is 4.36. The number of nitrogens with one attached hydrogen (secondary N) is 1. The fourth-order valence-corrected chi connectivity index (χ4v) is 1.77. The summed E-state index contributed by atoms with van der Waals surface area (Å²) in [6, 6.07) is 11.1. The van der Waals surface area contributed by atoms with Crippen LogP contribution in [0.3, 0.4) is 0 Å². The van der Waals surface area contributed by atoms with E-state index >= 15 is 0 Å². The highest BCUT2D eigenvalue weighted by atomic mass is 14.9. The first-order valence-electron chi connectivity index (χ1n) is 5.83. The van der Waals surface area contributed by atoms with Crippen molar-refractivity contribution in [3.8, 4) is 0 Å². The average Bonchev–Trinajstić information content (AvgIpc) is 2.28. The number of fused-ring (bicyclic) bond motifs is 1. The third-order valence-corrected chi connectivity index (χ3v) is 2.64. The standard InChI is InChI=1S/C14H18N2/c1-11(2)15-9-7-12-5-6-13-4-3-8-16-14(13)10-12/h3-6,8,10-11,15H,7,9H2,1-2H3. The van der Waals surface area contributed by atoms with E-state index in [-0.39, 0.29) is 0 Å². The molecule has 0 atom stereocenters. The van der Waals surface area contributed by atoms with E-state index in [0.29, 0.717) is 6.04 Å². The van der Waals surface area contributed by atoms with Crippen molar-refractivity contribution in [2.75, 3.05) is 6.54 Å². The van der Waals surface area contributed by atoms with Crippen LogP contribution < -0.4 is 5.32 Å². The number of pyridine rings is 1. The van der Waals surface area contributed by atoms with Gasteiger partial charge in [-0.2, -0.15) is 0 Å². The fourth-order valence-electron chi connectivity index (χ4n) is 1.77. The number of nitrogens with zero attached hydrogens (tertiary/aromatic N) is 1. The molecule has 16 heavy (non-hydrogen) atoms. The number of benzene rings is 1. The summed E-state index contributed by atoms with van der Waals surface area (Å²) in [5.41, 5.74) is 2.43. The Kier molecular flexibility index (Phi) is 3.52. The van der Waals surface area contributed by atoms with E-state index in [2.05, 4.69) is 48.4 Å². The van der Waals surface area contributed by atoms with Crippen molar-refractivity contribution in [3.05, 3.63) is 42.1 Å². The minimum absolute atomic E-state index is 0.554. The molecule has 1 aromatic heterocycles. The number of rotatable bonds is 4. The largest absolute Gasteiger partial charge is 0.314 e. The van der Waals surface area contributed by atoms with Crippen LogP contribution in [-0.4, -0.2) is 17.6 Å². The zero-order valence-electron chi connectivity index (χ0n) is 9.90.